The number of nitrogens with one attached hydrogen (secondary N) is 1. The number of nitrogens with zero attached hydrogens (tertiary/aromatic N) is 1. The molecule has 2 rings (SSSR count). The van der Waals surface area contributed by atoms with Crippen LogP contribution in [0.2, 0.25) is 0 Å². The van der Waals surface area contributed by atoms with Crippen LogP contribution in [0.1, 0.15) is 36.8 Å². The summed E-state index contributed by atoms with van der Waals surface area (Å²) in [7, 11) is 0. The summed E-state index contributed by atoms with van der Waals surface area (Å²) in [6.07, 6.45) is -3.60. The van der Waals surface area contributed by atoms with Gasteiger partial charge in [0.15, 0.2) is 0 Å². The van der Waals surface area contributed by atoms with Gasteiger partial charge in [0.2, 0.25) is 5.91 Å². The van der Waals surface area contributed by atoms with Crippen molar-refractivity contribution in [3.05, 3.63) is 35.4 Å². The lowest BCUT2D eigenvalue weighted by atomic mass is 9.95. The van der Waals surface area contributed by atoms with Crippen LogP contribution in [-0.4, -0.2) is 23.0 Å². The summed E-state index contributed by atoms with van der Waals surface area (Å²) in [5.41, 5.74) is -0.842. The number of hydrogen-bond acceptors (Lipinski definition) is 3. The molecular weight excluding hydrogens is 325 g/mol. The van der Waals surface area contributed by atoms with E-state index >= 15 is 0 Å². The van der Waals surface area contributed by atoms with Crippen LogP contribution in [0.25, 0.3) is 0 Å². The summed E-state index contributed by atoms with van der Waals surface area (Å²) in [6.45, 7) is 1.78. The molecule has 3 nitrogen and oxygen atoms in total. The van der Waals surface area contributed by atoms with Gasteiger partial charge in [-0.05, 0) is 35.8 Å². The first kappa shape index (κ1) is 17.7. The molecule has 1 aliphatic heterocycles. The van der Waals surface area contributed by atoms with Crippen molar-refractivity contribution in [2.24, 2.45) is 0 Å². The molecule has 0 bridgehead atoms. The number of amides is 1. The van der Waals surface area contributed by atoms with Crippen molar-refractivity contribution in [2.75, 3.05) is 11.5 Å². The van der Waals surface area contributed by atoms with Gasteiger partial charge in [-0.25, -0.2) is 0 Å². The van der Waals surface area contributed by atoms with Crippen LogP contribution < -0.4 is 5.32 Å². The Balaban J connectivity index is 1.97. The fourth-order valence-corrected chi connectivity index (χ4v) is 3.76. The highest BCUT2D eigenvalue weighted by Crippen LogP contribution is 2.31. The molecule has 2 atom stereocenters. The van der Waals surface area contributed by atoms with Gasteiger partial charge in [0.05, 0.1) is 11.6 Å². The van der Waals surface area contributed by atoms with E-state index in [1.807, 2.05) is 0 Å². The van der Waals surface area contributed by atoms with Crippen LogP contribution in [0.3, 0.4) is 0 Å². The van der Waals surface area contributed by atoms with E-state index in [1.165, 1.54) is 12.1 Å². The number of hydrogen-bond donors (Lipinski definition) is 1. The molecule has 23 heavy (non-hydrogen) atoms. The minimum atomic E-state index is -4.36. The average molecular weight is 342 g/mol. The van der Waals surface area contributed by atoms with Gasteiger partial charge in [0.1, 0.15) is 5.54 Å². The maximum absolute atomic E-state index is 12.5. The number of alkyl halides is 3. The van der Waals surface area contributed by atoms with E-state index in [0.29, 0.717) is 17.7 Å². The standard InChI is InChI=1S/C16H17F3N2OS/c1-11(12-2-4-13(5-3-12)16(17,18)19)8-14(22)21-15(9-20)6-7-23-10-15/h2-5,11H,6-8,10H2,1H3,(H,21,22)/t11-,15-/m0/s1. The predicted octanol–water partition coefficient (Wildman–Crippen LogP) is 3.71. The van der Waals surface area contributed by atoms with Gasteiger partial charge >= 0.3 is 6.18 Å². The summed E-state index contributed by atoms with van der Waals surface area (Å²) in [5, 5.41) is 12.0. The van der Waals surface area contributed by atoms with Crippen LogP contribution in [0.5, 0.6) is 0 Å². The third kappa shape index (κ3) is 4.41. The zero-order valence-electron chi connectivity index (χ0n) is 12.6. The zero-order valence-corrected chi connectivity index (χ0v) is 13.4. The third-order valence-electron chi connectivity index (χ3n) is 3.91. The highest BCUT2D eigenvalue weighted by molar-refractivity contribution is 7.99. The second-order valence-corrected chi connectivity index (χ2v) is 6.87. The lowest BCUT2D eigenvalue weighted by molar-refractivity contribution is -0.137. The van der Waals surface area contributed by atoms with Crippen molar-refractivity contribution in [1.29, 1.82) is 5.26 Å². The van der Waals surface area contributed by atoms with Gasteiger partial charge in [0, 0.05) is 12.2 Å². The van der Waals surface area contributed by atoms with Crippen LogP contribution in [0.15, 0.2) is 24.3 Å². The number of thioether (sulfide) groups is 1. The highest BCUT2D eigenvalue weighted by Gasteiger charge is 2.36. The Kier molecular flexibility index (Phi) is 5.25. The summed E-state index contributed by atoms with van der Waals surface area (Å²) in [5.74, 6) is 0.940. The first-order valence-electron chi connectivity index (χ1n) is 7.23. The van der Waals surface area contributed by atoms with E-state index in [2.05, 4.69) is 11.4 Å². The molecule has 124 valence electrons. The van der Waals surface area contributed by atoms with Crippen molar-refractivity contribution in [2.45, 2.75) is 37.4 Å². The number of halogens is 3. The lowest BCUT2D eigenvalue weighted by Gasteiger charge is -2.22. The number of benzene rings is 1. The Hall–Kier alpha value is -1.68. The summed E-state index contributed by atoms with van der Waals surface area (Å²) in [6, 6.07) is 7.00. The molecule has 1 aromatic rings. The fraction of sp³-hybridized carbons (Fsp3) is 0.500. The summed E-state index contributed by atoms with van der Waals surface area (Å²) >= 11 is 1.62. The zero-order chi connectivity index (χ0) is 17.1. The van der Waals surface area contributed by atoms with Gasteiger partial charge in [-0.2, -0.15) is 30.2 Å². The Morgan fingerprint density at radius 1 is 1.43 bits per heavy atom. The van der Waals surface area contributed by atoms with E-state index in [9.17, 15) is 23.2 Å². The Bertz CT molecular complexity index is 601. The molecule has 1 saturated heterocycles. The Labute approximate surface area is 137 Å². The SMILES string of the molecule is C[C@@H](CC(=O)N[C@]1(C#N)CCSC1)c1ccc(C(F)(F)F)cc1. The topological polar surface area (TPSA) is 52.9 Å². The third-order valence-corrected chi connectivity index (χ3v) is 5.10. The van der Waals surface area contributed by atoms with Crippen molar-refractivity contribution in [3.8, 4) is 6.07 Å². The molecule has 0 aliphatic carbocycles. The van der Waals surface area contributed by atoms with Crippen LogP contribution in [0, 0.1) is 11.3 Å². The molecule has 0 spiro atoms. The number of rotatable bonds is 4. The first-order valence-corrected chi connectivity index (χ1v) is 8.38. The Morgan fingerprint density at radius 2 is 2.09 bits per heavy atom. The minimum Gasteiger partial charge on any atom is -0.337 e. The number of nitriles is 1. The van der Waals surface area contributed by atoms with E-state index in [0.717, 1.165) is 17.9 Å². The van der Waals surface area contributed by atoms with E-state index in [-0.39, 0.29) is 18.2 Å². The van der Waals surface area contributed by atoms with Crippen LogP contribution >= 0.6 is 11.8 Å². The second-order valence-electron chi connectivity index (χ2n) is 5.77. The van der Waals surface area contributed by atoms with E-state index in [4.69, 9.17) is 0 Å². The van der Waals surface area contributed by atoms with E-state index in [1.54, 1.807) is 18.7 Å². The van der Waals surface area contributed by atoms with Gasteiger partial charge in [-0.15, -0.1) is 0 Å². The Morgan fingerprint density at radius 3 is 2.57 bits per heavy atom. The molecule has 0 saturated carbocycles. The fourth-order valence-electron chi connectivity index (χ4n) is 2.49. The van der Waals surface area contributed by atoms with Crippen molar-refractivity contribution in [3.63, 3.8) is 0 Å². The molecular formula is C16H17F3N2OS. The molecule has 1 aliphatic rings. The van der Waals surface area contributed by atoms with Crippen LogP contribution in [0.4, 0.5) is 13.2 Å². The normalized spacial score (nSPS) is 22.4. The van der Waals surface area contributed by atoms with Gasteiger partial charge in [0.25, 0.3) is 0 Å². The maximum Gasteiger partial charge on any atom is 0.416 e. The predicted molar refractivity (Wildman–Crippen MR) is 82.9 cm³/mol. The van der Waals surface area contributed by atoms with Gasteiger partial charge in [-0.3, -0.25) is 4.79 Å². The monoisotopic (exact) mass is 342 g/mol. The smallest absolute Gasteiger partial charge is 0.337 e. The molecule has 1 heterocycles. The maximum atomic E-state index is 12.5. The quantitative estimate of drug-likeness (QED) is 0.907. The van der Waals surface area contributed by atoms with Crippen LogP contribution in [-0.2, 0) is 11.0 Å². The second kappa shape index (κ2) is 6.83. The molecule has 7 heteroatoms. The summed E-state index contributed by atoms with van der Waals surface area (Å²) in [4.78, 5) is 12.1. The molecule has 0 unspecified atom stereocenters. The summed E-state index contributed by atoms with van der Waals surface area (Å²) < 4.78 is 37.6. The molecule has 1 N–H and O–H groups in total. The van der Waals surface area contributed by atoms with Crippen molar-refractivity contribution >= 4 is 17.7 Å². The first-order chi connectivity index (χ1) is 10.8. The van der Waals surface area contributed by atoms with Gasteiger partial charge < -0.3 is 5.32 Å². The molecule has 0 radical (unpaired) electrons. The van der Waals surface area contributed by atoms with Gasteiger partial charge in [-0.1, -0.05) is 19.1 Å². The largest absolute Gasteiger partial charge is 0.416 e. The molecule has 0 aromatic heterocycles. The number of carbonyl (C=O) groups excluding carboxylic acids is 1. The van der Waals surface area contributed by atoms with Crippen molar-refractivity contribution < 1.29 is 18.0 Å². The van der Waals surface area contributed by atoms with Crippen molar-refractivity contribution in [1.82, 2.24) is 5.32 Å². The molecule has 1 aromatic carbocycles. The lowest BCUT2D eigenvalue weighted by Crippen LogP contribution is -2.47. The average Bonchev–Trinajstić information content (AvgIpc) is 2.95. The molecule has 1 amide bonds. The number of carbonyl (C=O) groups is 1. The highest BCUT2D eigenvalue weighted by atomic mass is 32.2. The van der Waals surface area contributed by atoms with E-state index < -0.39 is 17.3 Å². The minimum absolute atomic E-state index is 0.138. The molecule has 1 fully saturated rings.